The first kappa shape index (κ1) is 27.5. The number of carboxylic acid groups (broad SMARTS) is 2. The highest BCUT2D eigenvalue weighted by Crippen LogP contribution is 2.29. The molecule has 11 nitrogen and oxygen atoms in total. The van der Waals surface area contributed by atoms with Crippen molar-refractivity contribution >= 4 is 29.6 Å². The van der Waals surface area contributed by atoms with Gasteiger partial charge in [-0.05, 0) is 63.2 Å². The molecule has 3 heterocycles. The largest absolute Gasteiger partial charge is 0.478 e. The van der Waals surface area contributed by atoms with E-state index in [0.717, 1.165) is 31.5 Å². The Kier molecular flexibility index (Phi) is 9.45. The van der Waals surface area contributed by atoms with E-state index in [9.17, 15) is 19.2 Å². The number of urea groups is 1. The standard InChI is InChI=1S/C22H28N4O3.C4H4O4/c1-3-23-22(28)24-16-9-7-15(8-10-16)19-11-12-20(29-19)21(27)26-13-17-5-4-6-18(14-26)25(17)2;5-3(6)1-2-4(7)8/h7-12,17-18H,3-6,13-14H2,1-2H3,(H2,23,24,28);1-2H,(H,5,6)(H,7,8)/b;2-1+. The van der Waals surface area contributed by atoms with Crippen molar-refractivity contribution in [2.24, 2.45) is 0 Å². The molecule has 2 fully saturated rings. The minimum atomic E-state index is -1.26. The number of fused-ring (bicyclic) bond motifs is 2. The minimum absolute atomic E-state index is 0.0317. The topological polar surface area (TPSA) is 152 Å². The summed E-state index contributed by atoms with van der Waals surface area (Å²) in [6, 6.07) is 11.6. The first-order valence-corrected chi connectivity index (χ1v) is 12.1. The van der Waals surface area contributed by atoms with Crippen LogP contribution in [0, 0.1) is 0 Å². The number of carboxylic acids is 2. The second-order valence-corrected chi connectivity index (χ2v) is 8.85. The molecule has 0 radical (unpaired) electrons. The smallest absolute Gasteiger partial charge is 0.328 e. The van der Waals surface area contributed by atoms with Crippen LogP contribution in [-0.4, -0.2) is 82.7 Å². The number of carbonyl (C=O) groups is 4. The Morgan fingerprint density at radius 3 is 2.11 bits per heavy atom. The molecule has 2 saturated heterocycles. The number of likely N-dealkylation sites (N-methyl/N-ethyl adjacent to an activating group) is 1. The number of aliphatic carboxylic acids is 2. The Hall–Kier alpha value is -4.12. The zero-order chi connectivity index (χ0) is 26.9. The van der Waals surface area contributed by atoms with Gasteiger partial charge in [-0.15, -0.1) is 0 Å². The van der Waals surface area contributed by atoms with E-state index in [2.05, 4.69) is 22.6 Å². The predicted octanol–water partition coefficient (Wildman–Crippen LogP) is 3.11. The second-order valence-electron chi connectivity index (χ2n) is 8.85. The number of anilines is 1. The summed E-state index contributed by atoms with van der Waals surface area (Å²) in [6.07, 6.45) is 4.66. The van der Waals surface area contributed by atoms with Gasteiger partial charge in [-0.3, -0.25) is 9.69 Å². The van der Waals surface area contributed by atoms with E-state index < -0.39 is 11.9 Å². The first-order valence-electron chi connectivity index (χ1n) is 12.1. The number of nitrogens with one attached hydrogen (secondary N) is 2. The van der Waals surface area contributed by atoms with E-state index in [1.54, 1.807) is 6.07 Å². The molecule has 2 aromatic rings. The van der Waals surface area contributed by atoms with E-state index in [0.29, 0.717) is 48.0 Å². The lowest BCUT2D eigenvalue weighted by Crippen LogP contribution is -2.60. The number of hydrogen-bond donors (Lipinski definition) is 4. The maximum absolute atomic E-state index is 13.0. The molecule has 37 heavy (non-hydrogen) atoms. The van der Waals surface area contributed by atoms with Crippen LogP contribution in [0.15, 0.2) is 53.0 Å². The van der Waals surface area contributed by atoms with Gasteiger partial charge in [0.1, 0.15) is 5.76 Å². The maximum atomic E-state index is 13.0. The van der Waals surface area contributed by atoms with Gasteiger partial charge in [-0.1, -0.05) is 6.42 Å². The highest BCUT2D eigenvalue weighted by molar-refractivity contribution is 5.92. The minimum Gasteiger partial charge on any atom is -0.478 e. The van der Waals surface area contributed by atoms with Crippen LogP contribution >= 0.6 is 0 Å². The van der Waals surface area contributed by atoms with Crippen LogP contribution in [0.4, 0.5) is 10.5 Å². The average Bonchev–Trinajstić information content (AvgIpc) is 3.33. The van der Waals surface area contributed by atoms with Gasteiger partial charge in [-0.2, -0.15) is 0 Å². The molecule has 2 atom stereocenters. The highest BCUT2D eigenvalue weighted by atomic mass is 16.4. The number of furan rings is 1. The van der Waals surface area contributed by atoms with Crippen molar-refractivity contribution in [2.45, 2.75) is 38.3 Å². The Labute approximate surface area is 214 Å². The van der Waals surface area contributed by atoms with Crippen LogP contribution in [-0.2, 0) is 9.59 Å². The van der Waals surface area contributed by atoms with Gasteiger partial charge in [0.2, 0.25) is 0 Å². The molecule has 3 amide bonds. The van der Waals surface area contributed by atoms with Crippen LogP contribution in [0.5, 0.6) is 0 Å². The summed E-state index contributed by atoms with van der Waals surface area (Å²) in [6.45, 7) is 3.97. The van der Waals surface area contributed by atoms with E-state index in [4.69, 9.17) is 14.6 Å². The van der Waals surface area contributed by atoms with Gasteiger partial charge >= 0.3 is 18.0 Å². The zero-order valence-electron chi connectivity index (χ0n) is 20.8. The van der Waals surface area contributed by atoms with Gasteiger partial charge in [0.05, 0.1) is 0 Å². The lowest BCUT2D eigenvalue weighted by Gasteiger charge is -2.48. The van der Waals surface area contributed by atoms with E-state index in [1.807, 2.05) is 42.2 Å². The lowest BCUT2D eigenvalue weighted by atomic mass is 9.92. The summed E-state index contributed by atoms with van der Waals surface area (Å²) < 4.78 is 5.89. The van der Waals surface area contributed by atoms with E-state index in [-0.39, 0.29) is 11.9 Å². The molecule has 4 N–H and O–H groups in total. The predicted molar refractivity (Wildman–Crippen MR) is 136 cm³/mol. The summed E-state index contributed by atoms with van der Waals surface area (Å²) >= 11 is 0. The van der Waals surface area contributed by atoms with Gasteiger partial charge in [0.15, 0.2) is 5.76 Å². The molecule has 4 rings (SSSR count). The van der Waals surface area contributed by atoms with Crippen molar-refractivity contribution in [3.05, 3.63) is 54.3 Å². The fraction of sp³-hybridized carbons (Fsp3) is 0.385. The van der Waals surface area contributed by atoms with Crippen molar-refractivity contribution < 1.29 is 33.8 Å². The van der Waals surface area contributed by atoms with Crippen LogP contribution in [0.25, 0.3) is 11.3 Å². The van der Waals surface area contributed by atoms with Crippen molar-refractivity contribution in [3.63, 3.8) is 0 Å². The fourth-order valence-electron chi connectivity index (χ4n) is 4.44. The van der Waals surface area contributed by atoms with Crippen LogP contribution in [0.1, 0.15) is 36.7 Å². The molecule has 2 bridgehead atoms. The monoisotopic (exact) mass is 512 g/mol. The summed E-state index contributed by atoms with van der Waals surface area (Å²) in [5.41, 5.74) is 1.56. The highest BCUT2D eigenvalue weighted by Gasteiger charge is 2.37. The summed E-state index contributed by atoms with van der Waals surface area (Å²) in [7, 11) is 2.17. The Morgan fingerprint density at radius 1 is 0.973 bits per heavy atom. The Bertz CT molecular complexity index is 1110. The zero-order valence-corrected chi connectivity index (χ0v) is 20.8. The van der Waals surface area contributed by atoms with Crippen LogP contribution < -0.4 is 10.6 Å². The molecule has 0 saturated carbocycles. The number of likely N-dealkylation sites (tertiary alicyclic amines) is 1. The molecule has 2 aliphatic rings. The lowest BCUT2D eigenvalue weighted by molar-refractivity contribution is -0.134. The molecule has 2 aliphatic heterocycles. The third-order valence-corrected chi connectivity index (χ3v) is 6.33. The fourth-order valence-corrected chi connectivity index (χ4v) is 4.44. The van der Waals surface area contributed by atoms with Gasteiger partial charge in [0.25, 0.3) is 5.91 Å². The second kappa shape index (κ2) is 12.7. The number of hydrogen-bond acceptors (Lipinski definition) is 6. The number of nitrogens with zero attached hydrogens (tertiary/aromatic N) is 2. The molecule has 1 aromatic heterocycles. The Balaban J connectivity index is 0.000000414. The van der Waals surface area contributed by atoms with E-state index >= 15 is 0 Å². The quantitative estimate of drug-likeness (QED) is 0.431. The molecule has 0 aliphatic carbocycles. The summed E-state index contributed by atoms with van der Waals surface area (Å²) in [5.74, 6) is -1.52. The summed E-state index contributed by atoms with van der Waals surface area (Å²) in [5, 5.41) is 21.1. The molecular formula is C26H32N4O7. The van der Waals surface area contributed by atoms with Crippen molar-refractivity contribution in [3.8, 4) is 11.3 Å². The third kappa shape index (κ3) is 7.68. The molecular weight excluding hydrogens is 480 g/mol. The maximum Gasteiger partial charge on any atom is 0.328 e. The van der Waals surface area contributed by atoms with Crippen LogP contribution in [0.2, 0.25) is 0 Å². The van der Waals surface area contributed by atoms with Gasteiger partial charge < -0.3 is 30.2 Å². The number of carbonyl (C=O) groups excluding carboxylic acids is 2. The summed E-state index contributed by atoms with van der Waals surface area (Å²) in [4.78, 5) is 48.1. The molecule has 0 spiro atoms. The number of piperidine rings is 1. The molecule has 198 valence electrons. The average molecular weight is 513 g/mol. The van der Waals surface area contributed by atoms with Crippen molar-refractivity contribution in [2.75, 3.05) is 32.0 Å². The number of benzene rings is 1. The third-order valence-electron chi connectivity index (χ3n) is 6.33. The van der Waals surface area contributed by atoms with Gasteiger partial charge in [-0.25, -0.2) is 14.4 Å². The number of piperazine rings is 1. The molecule has 11 heteroatoms. The SMILES string of the molecule is CCNC(=O)Nc1ccc(-c2ccc(C(=O)N3CC4CCCC(C3)N4C)o2)cc1.O=C(O)/C=C/C(=O)O. The van der Waals surface area contributed by atoms with Crippen LogP contribution in [0.3, 0.4) is 0 Å². The first-order chi connectivity index (χ1) is 17.7. The van der Waals surface area contributed by atoms with Crippen molar-refractivity contribution in [1.29, 1.82) is 0 Å². The van der Waals surface area contributed by atoms with Gasteiger partial charge in [0, 0.05) is 55.1 Å². The number of amides is 3. The van der Waals surface area contributed by atoms with Crippen molar-refractivity contribution in [1.82, 2.24) is 15.1 Å². The molecule has 1 aromatic carbocycles. The molecule has 2 unspecified atom stereocenters. The number of rotatable bonds is 6. The normalized spacial score (nSPS) is 19.0. The van der Waals surface area contributed by atoms with E-state index in [1.165, 1.54) is 6.42 Å². The Morgan fingerprint density at radius 2 is 1.57 bits per heavy atom.